The van der Waals surface area contributed by atoms with Gasteiger partial charge in [-0.1, -0.05) is 17.7 Å². The van der Waals surface area contributed by atoms with Crippen molar-refractivity contribution in [3.05, 3.63) is 63.4 Å². The highest BCUT2D eigenvalue weighted by Crippen LogP contribution is 2.22. The van der Waals surface area contributed by atoms with Crippen molar-refractivity contribution >= 4 is 28.3 Å². The fraction of sp³-hybridized carbons (Fsp3) is 0.125. The number of benzene rings is 1. The average molecular weight is 326 g/mol. The summed E-state index contributed by atoms with van der Waals surface area (Å²) in [5.41, 5.74) is 2.76. The maximum Gasteiger partial charge on any atom is 0.266 e. The first-order valence-electron chi connectivity index (χ1n) is 7.05. The van der Waals surface area contributed by atoms with Gasteiger partial charge in [-0.15, -0.1) is 0 Å². The predicted octanol–water partition coefficient (Wildman–Crippen LogP) is 2.70. The third-order valence-corrected chi connectivity index (χ3v) is 4.37. The van der Waals surface area contributed by atoms with Gasteiger partial charge in [-0.3, -0.25) is 9.36 Å². The van der Waals surface area contributed by atoms with Crippen LogP contribution in [0.4, 0.5) is 0 Å². The molecule has 0 N–H and O–H groups in total. The summed E-state index contributed by atoms with van der Waals surface area (Å²) in [5.74, 6) is 0.478. The zero-order chi connectivity index (χ0) is 16.1. The third-order valence-electron chi connectivity index (χ3n) is 3.96. The number of pyridine rings is 1. The van der Waals surface area contributed by atoms with Crippen LogP contribution in [-0.4, -0.2) is 24.1 Å². The molecule has 0 fully saturated rings. The zero-order valence-electron chi connectivity index (χ0n) is 12.5. The van der Waals surface area contributed by atoms with E-state index in [0.29, 0.717) is 27.4 Å². The second-order valence-electron chi connectivity index (χ2n) is 5.30. The van der Waals surface area contributed by atoms with E-state index in [2.05, 4.69) is 15.1 Å². The van der Waals surface area contributed by atoms with Crippen molar-refractivity contribution in [2.24, 2.45) is 0 Å². The number of hydrogen-bond acceptors (Lipinski definition) is 4. The van der Waals surface area contributed by atoms with E-state index in [1.807, 2.05) is 25.1 Å². The van der Waals surface area contributed by atoms with Gasteiger partial charge in [0.05, 0.1) is 22.3 Å². The molecule has 3 heterocycles. The van der Waals surface area contributed by atoms with Gasteiger partial charge in [-0.25, -0.2) is 4.98 Å². The van der Waals surface area contributed by atoms with Crippen LogP contribution in [-0.2, 0) is 0 Å². The average Bonchev–Trinajstić information content (AvgIpc) is 2.99. The molecule has 0 aliphatic heterocycles. The summed E-state index contributed by atoms with van der Waals surface area (Å²) < 4.78 is 3.15. The molecule has 4 aromatic rings. The maximum atomic E-state index is 13.0. The fourth-order valence-corrected chi connectivity index (χ4v) is 2.95. The van der Waals surface area contributed by atoms with Crippen LogP contribution in [0.1, 0.15) is 11.3 Å². The lowest BCUT2D eigenvalue weighted by molar-refractivity contribution is 0.945. The van der Waals surface area contributed by atoms with Gasteiger partial charge in [0.25, 0.3) is 11.3 Å². The number of rotatable bonds is 1. The molecular weight excluding hydrogens is 314 g/mol. The Morgan fingerprint density at radius 3 is 2.83 bits per heavy atom. The summed E-state index contributed by atoms with van der Waals surface area (Å²) in [4.78, 5) is 21.4. The molecule has 114 valence electrons. The van der Waals surface area contributed by atoms with E-state index in [0.717, 1.165) is 11.3 Å². The van der Waals surface area contributed by atoms with Crippen LogP contribution in [0.5, 0.6) is 0 Å². The number of aromatic nitrogens is 5. The van der Waals surface area contributed by atoms with E-state index in [1.165, 1.54) is 6.33 Å². The maximum absolute atomic E-state index is 13.0. The topological polar surface area (TPSA) is 65.1 Å². The summed E-state index contributed by atoms with van der Waals surface area (Å²) in [7, 11) is 0. The zero-order valence-corrected chi connectivity index (χ0v) is 13.2. The third kappa shape index (κ3) is 1.95. The minimum Gasteiger partial charge on any atom is -0.283 e. The van der Waals surface area contributed by atoms with Gasteiger partial charge in [0.2, 0.25) is 0 Å². The van der Waals surface area contributed by atoms with Gasteiger partial charge < -0.3 is 0 Å². The second-order valence-corrected chi connectivity index (χ2v) is 5.71. The van der Waals surface area contributed by atoms with Crippen LogP contribution < -0.4 is 5.56 Å². The molecule has 0 saturated heterocycles. The van der Waals surface area contributed by atoms with Crippen LogP contribution >= 0.6 is 11.6 Å². The highest BCUT2D eigenvalue weighted by molar-refractivity contribution is 6.31. The molecule has 0 unspecified atom stereocenters. The Morgan fingerprint density at radius 1 is 1.17 bits per heavy atom. The van der Waals surface area contributed by atoms with Crippen molar-refractivity contribution in [3.8, 4) is 5.69 Å². The monoisotopic (exact) mass is 325 g/mol. The first-order chi connectivity index (χ1) is 11.1. The number of fused-ring (bicyclic) bond motifs is 3. The fourth-order valence-electron chi connectivity index (χ4n) is 2.78. The summed E-state index contributed by atoms with van der Waals surface area (Å²) in [6.45, 7) is 3.69. The lowest BCUT2D eigenvalue weighted by Gasteiger charge is -2.12. The molecular formula is C16H12ClN5O. The van der Waals surface area contributed by atoms with Crippen LogP contribution in [0, 0.1) is 13.8 Å². The molecule has 6 nitrogen and oxygen atoms in total. The van der Waals surface area contributed by atoms with Gasteiger partial charge in [0.15, 0.2) is 0 Å². The molecule has 0 saturated carbocycles. The molecule has 4 rings (SSSR count). The summed E-state index contributed by atoms with van der Waals surface area (Å²) in [6, 6.07) is 7.34. The van der Waals surface area contributed by atoms with Crippen molar-refractivity contribution in [2.45, 2.75) is 13.8 Å². The van der Waals surface area contributed by atoms with Crippen molar-refractivity contribution < 1.29 is 0 Å². The van der Waals surface area contributed by atoms with Gasteiger partial charge in [-0.2, -0.15) is 14.6 Å². The molecule has 1 aromatic carbocycles. The number of hydrogen-bond donors (Lipinski definition) is 0. The summed E-state index contributed by atoms with van der Waals surface area (Å²) in [5, 5.41) is 5.28. The quantitative estimate of drug-likeness (QED) is 0.539. The first kappa shape index (κ1) is 13.9. The van der Waals surface area contributed by atoms with Crippen LogP contribution in [0.15, 0.2) is 41.6 Å². The largest absolute Gasteiger partial charge is 0.283 e. The van der Waals surface area contributed by atoms with E-state index in [4.69, 9.17) is 11.6 Å². The number of nitrogens with zero attached hydrogens (tertiary/aromatic N) is 5. The molecule has 23 heavy (non-hydrogen) atoms. The van der Waals surface area contributed by atoms with Crippen molar-refractivity contribution in [1.29, 1.82) is 0 Å². The molecule has 7 heteroatoms. The van der Waals surface area contributed by atoms with Crippen molar-refractivity contribution in [1.82, 2.24) is 24.1 Å². The number of halogens is 1. The first-order valence-corrected chi connectivity index (χ1v) is 7.43. The van der Waals surface area contributed by atoms with Crippen molar-refractivity contribution in [3.63, 3.8) is 0 Å². The standard InChI is InChI=1S/C16H12ClN5O/c1-9-11(17)4-3-5-12(9)21-7-6-13-14(15(21)23)10(2)20-16-18-8-19-22(13)16/h3-8H,1-2H3. The van der Waals surface area contributed by atoms with Gasteiger partial charge >= 0.3 is 0 Å². The van der Waals surface area contributed by atoms with E-state index < -0.39 is 0 Å². The Bertz CT molecular complexity index is 1130. The molecule has 0 aliphatic rings. The molecule has 0 aliphatic carbocycles. The SMILES string of the molecule is Cc1c(Cl)cccc1-n1ccc2c(c(C)nc3ncnn32)c1=O. The molecule has 3 aromatic heterocycles. The lowest BCUT2D eigenvalue weighted by Crippen LogP contribution is -2.20. The normalized spacial score (nSPS) is 11.4. The summed E-state index contributed by atoms with van der Waals surface area (Å²) >= 11 is 6.18. The van der Waals surface area contributed by atoms with E-state index in [1.54, 1.807) is 28.3 Å². The van der Waals surface area contributed by atoms with Crippen LogP contribution in [0.3, 0.4) is 0 Å². The highest BCUT2D eigenvalue weighted by atomic mass is 35.5. The summed E-state index contributed by atoms with van der Waals surface area (Å²) in [6.07, 6.45) is 3.15. The molecule has 0 radical (unpaired) electrons. The second kappa shape index (κ2) is 4.89. The lowest BCUT2D eigenvalue weighted by atomic mass is 10.1. The van der Waals surface area contributed by atoms with Crippen molar-refractivity contribution in [2.75, 3.05) is 0 Å². The van der Waals surface area contributed by atoms with Crippen LogP contribution in [0.2, 0.25) is 5.02 Å². The van der Waals surface area contributed by atoms with Gasteiger partial charge in [0, 0.05) is 11.2 Å². The Balaban J connectivity index is 2.13. The number of aryl methyl sites for hydroxylation is 1. The Morgan fingerprint density at radius 2 is 2.00 bits per heavy atom. The van der Waals surface area contributed by atoms with E-state index in [9.17, 15) is 4.79 Å². The van der Waals surface area contributed by atoms with E-state index in [-0.39, 0.29) is 5.56 Å². The smallest absolute Gasteiger partial charge is 0.266 e. The minimum atomic E-state index is -0.157. The van der Waals surface area contributed by atoms with Gasteiger partial charge in [0.1, 0.15) is 6.33 Å². The predicted molar refractivity (Wildman–Crippen MR) is 88.4 cm³/mol. The van der Waals surface area contributed by atoms with E-state index >= 15 is 0 Å². The minimum absolute atomic E-state index is 0.157. The van der Waals surface area contributed by atoms with Gasteiger partial charge in [-0.05, 0) is 37.6 Å². The highest BCUT2D eigenvalue weighted by Gasteiger charge is 2.14. The van der Waals surface area contributed by atoms with Crippen LogP contribution in [0.25, 0.3) is 22.4 Å². The molecule has 0 atom stereocenters. The molecule has 0 spiro atoms. The Kier molecular flexibility index (Phi) is 2.96. The Labute approximate surface area is 136 Å². The molecule has 0 amide bonds. The Hall–Kier alpha value is -2.73. The molecule has 0 bridgehead atoms.